The molecule has 34 heavy (non-hydrogen) atoms. The van der Waals surface area contributed by atoms with Gasteiger partial charge in [0.2, 0.25) is 0 Å². The average Bonchev–Trinajstić information content (AvgIpc) is 3.47. The Morgan fingerprint density at radius 2 is 1.94 bits per heavy atom. The Bertz CT molecular complexity index is 1300. The Kier molecular flexibility index (Phi) is 7.34. The number of anilines is 1. The zero-order chi connectivity index (χ0) is 24.1. The molecule has 0 saturated carbocycles. The van der Waals surface area contributed by atoms with Crippen LogP contribution in [0.1, 0.15) is 32.2 Å². The van der Waals surface area contributed by atoms with Gasteiger partial charge in [0.25, 0.3) is 11.8 Å². The number of hydrogen-bond acceptors (Lipinski definition) is 5. The first-order chi connectivity index (χ1) is 16.4. The van der Waals surface area contributed by atoms with Crippen molar-refractivity contribution in [3.05, 3.63) is 99.1 Å². The lowest BCUT2D eigenvalue weighted by Gasteiger charge is -2.10. The molecule has 0 saturated heterocycles. The summed E-state index contributed by atoms with van der Waals surface area (Å²) in [6.07, 6.45) is 2.97. The van der Waals surface area contributed by atoms with Crippen LogP contribution in [0.5, 0.6) is 5.75 Å². The fraction of sp³-hybridized carbons (Fsp3) is 0.125. The van der Waals surface area contributed by atoms with E-state index < -0.39 is 0 Å². The molecule has 0 aliphatic carbocycles. The van der Waals surface area contributed by atoms with Crippen molar-refractivity contribution in [2.24, 2.45) is 7.05 Å². The lowest BCUT2D eigenvalue weighted by Crippen LogP contribution is -2.26. The lowest BCUT2D eigenvalue weighted by atomic mass is 10.1. The Labute approximate surface area is 209 Å². The minimum Gasteiger partial charge on any atom is -0.487 e. The van der Waals surface area contributed by atoms with Gasteiger partial charge in [-0.15, -0.1) is 0 Å². The van der Waals surface area contributed by atoms with E-state index in [1.807, 2.05) is 6.07 Å². The maximum Gasteiger partial charge on any atom is 0.272 e. The summed E-state index contributed by atoms with van der Waals surface area (Å²) in [6, 6.07) is 15.8. The van der Waals surface area contributed by atoms with Crippen molar-refractivity contribution >= 4 is 45.0 Å². The molecule has 2 aromatic carbocycles. The van der Waals surface area contributed by atoms with Crippen LogP contribution >= 0.6 is 27.5 Å². The van der Waals surface area contributed by atoms with Crippen LogP contribution in [0.3, 0.4) is 0 Å². The first-order valence-corrected chi connectivity index (χ1v) is 11.4. The van der Waals surface area contributed by atoms with Gasteiger partial charge in [0.1, 0.15) is 23.8 Å². The molecule has 2 amide bonds. The maximum absolute atomic E-state index is 12.8. The summed E-state index contributed by atoms with van der Waals surface area (Å²) >= 11 is 9.53. The van der Waals surface area contributed by atoms with Crippen molar-refractivity contribution < 1.29 is 18.7 Å². The number of amides is 2. The van der Waals surface area contributed by atoms with E-state index in [0.717, 1.165) is 10.0 Å². The minimum absolute atomic E-state index is 0.222. The molecule has 174 valence electrons. The molecule has 0 aliphatic rings. The molecule has 2 aromatic heterocycles. The molecular weight excluding hydrogens is 524 g/mol. The smallest absolute Gasteiger partial charge is 0.272 e. The zero-order valence-electron chi connectivity index (χ0n) is 18.0. The summed E-state index contributed by atoms with van der Waals surface area (Å²) in [6.45, 7) is 0.519. The minimum atomic E-state index is -0.384. The predicted octanol–water partition coefficient (Wildman–Crippen LogP) is 5.19. The van der Waals surface area contributed by atoms with Crippen molar-refractivity contribution in [3.63, 3.8) is 0 Å². The number of benzene rings is 2. The summed E-state index contributed by atoms with van der Waals surface area (Å²) in [4.78, 5) is 25.4. The van der Waals surface area contributed by atoms with Crippen molar-refractivity contribution in [3.8, 4) is 5.75 Å². The molecule has 2 N–H and O–H groups in total. The summed E-state index contributed by atoms with van der Waals surface area (Å²) in [7, 11) is 1.63. The Hall–Kier alpha value is -3.56. The quantitative estimate of drug-likeness (QED) is 0.319. The Balaban J connectivity index is 1.37. The zero-order valence-corrected chi connectivity index (χ0v) is 20.4. The van der Waals surface area contributed by atoms with E-state index in [2.05, 4.69) is 31.7 Å². The van der Waals surface area contributed by atoms with Gasteiger partial charge in [-0.25, -0.2) is 0 Å². The third-order valence-electron chi connectivity index (χ3n) is 4.91. The maximum atomic E-state index is 12.8. The van der Waals surface area contributed by atoms with E-state index in [4.69, 9.17) is 20.8 Å². The van der Waals surface area contributed by atoms with Gasteiger partial charge in [0, 0.05) is 17.1 Å². The van der Waals surface area contributed by atoms with E-state index in [0.29, 0.717) is 34.4 Å². The van der Waals surface area contributed by atoms with Gasteiger partial charge >= 0.3 is 0 Å². The first-order valence-electron chi connectivity index (χ1n) is 10.2. The second-order valence-electron chi connectivity index (χ2n) is 7.31. The molecule has 4 aromatic rings. The fourth-order valence-electron chi connectivity index (χ4n) is 3.16. The van der Waals surface area contributed by atoms with Gasteiger partial charge < -0.3 is 19.8 Å². The predicted molar refractivity (Wildman–Crippen MR) is 131 cm³/mol. The molecule has 4 rings (SSSR count). The molecule has 0 radical (unpaired) electrons. The Morgan fingerprint density at radius 1 is 1.15 bits per heavy atom. The van der Waals surface area contributed by atoms with Gasteiger partial charge in [-0.3, -0.25) is 14.3 Å². The standard InChI is InChI=1S/C24H20BrClN4O4/c1-30-22(24(32)27-12-18-3-2-10-33-18)20(13-28-30)29-23(31)16-6-4-15(5-7-16)14-34-21-9-8-17(25)11-19(21)26/h2-11,13H,12,14H2,1H3,(H,27,32)(H,29,31). The van der Waals surface area contributed by atoms with Gasteiger partial charge in [0.15, 0.2) is 0 Å². The second kappa shape index (κ2) is 10.6. The molecule has 0 atom stereocenters. The van der Waals surface area contributed by atoms with E-state index in [1.165, 1.54) is 17.1 Å². The summed E-state index contributed by atoms with van der Waals surface area (Å²) in [5.41, 5.74) is 1.84. The number of nitrogens with zero attached hydrogens (tertiary/aromatic N) is 2. The third-order valence-corrected chi connectivity index (χ3v) is 5.70. The summed E-state index contributed by atoms with van der Waals surface area (Å²) in [5, 5.41) is 10.1. The number of ether oxygens (including phenoxy) is 1. The van der Waals surface area contributed by atoms with Crippen LogP contribution in [0.2, 0.25) is 5.02 Å². The highest BCUT2D eigenvalue weighted by atomic mass is 79.9. The highest BCUT2D eigenvalue weighted by Gasteiger charge is 2.19. The van der Waals surface area contributed by atoms with Crippen LogP contribution in [0, 0.1) is 0 Å². The molecule has 10 heteroatoms. The molecule has 2 heterocycles. The van der Waals surface area contributed by atoms with Crippen LogP contribution in [-0.2, 0) is 20.2 Å². The van der Waals surface area contributed by atoms with Gasteiger partial charge in [-0.1, -0.05) is 39.7 Å². The van der Waals surface area contributed by atoms with E-state index in [1.54, 1.807) is 55.6 Å². The van der Waals surface area contributed by atoms with Crippen LogP contribution in [0.25, 0.3) is 0 Å². The number of halogens is 2. The van der Waals surface area contributed by atoms with Crippen LogP contribution in [0.4, 0.5) is 5.69 Å². The topological polar surface area (TPSA) is 98.4 Å². The lowest BCUT2D eigenvalue weighted by molar-refractivity contribution is 0.0939. The van der Waals surface area contributed by atoms with Crippen LogP contribution in [-0.4, -0.2) is 21.6 Å². The SMILES string of the molecule is Cn1ncc(NC(=O)c2ccc(COc3ccc(Br)cc3Cl)cc2)c1C(=O)NCc1ccco1. The largest absolute Gasteiger partial charge is 0.487 e. The monoisotopic (exact) mass is 542 g/mol. The molecule has 0 aliphatic heterocycles. The Morgan fingerprint density at radius 3 is 2.65 bits per heavy atom. The third kappa shape index (κ3) is 5.67. The summed E-state index contributed by atoms with van der Waals surface area (Å²) < 4.78 is 13.2. The number of carbonyl (C=O) groups excluding carboxylic acids is 2. The first kappa shape index (κ1) is 23.6. The number of carbonyl (C=O) groups is 2. The molecule has 0 spiro atoms. The molecule has 0 bridgehead atoms. The molecule has 0 unspecified atom stereocenters. The number of rotatable bonds is 8. The van der Waals surface area contributed by atoms with E-state index in [-0.39, 0.29) is 24.1 Å². The van der Waals surface area contributed by atoms with E-state index >= 15 is 0 Å². The average molecular weight is 544 g/mol. The van der Waals surface area contributed by atoms with Crippen LogP contribution in [0.15, 0.2) is 75.9 Å². The van der Waals surface area contributed by atoms with Crippen molar-refractivity contribution in [1.82, 2.24) is 15.1 Å². The number of nitrogens with one attached hydrogen (secondary N) is 2. The van der Waals surface area contributed by atoms with Crippen molar-refractivity contribution in [1.29, 1.82) is 0 Å². The van der Waals surface area contributed by atoms with Gasteiger partial charge in [-0.05, 0) is 48.0 Å². The van der Waals surface area contributed by atoms with Gasteiger partial charge in [-0.2, -0.15) is 5.10 Å². The fourth-order valence-corrected chi connectivity index (χ4v) is 3.89. The molecule has 0 fully saturated rings. The van der Waals surface area contributed by atoms with E-state index in [9.17, 15) is 9.59 Å². The van der Waals surface area contributed by atoms with Crippen molar-refractivity contribution in [2.75, 3.05) is 5.32 Å². The van der Waals surface area contributed by atoms with Gasteiger partial charge in [0.05, 0.1) is 29.7 Å². The highest BCUT2D eigenvalue weighted by Crippen LogP contribution is 2.28. The number of furan rings is 1. The molecule has 8 nitrogen and oxygen atoms in total. The highest BCUT2D eigenvalue weighted by molar-refractivity contribution is 9.10. The normalized spacial score (nSPS) is 10.7. The van der Waals surface area contributed by atoms with Crippen molar-refractivity contribution in [2.45, 2.75) is 13.2 Å². The summed E-state index contributed by atoms with van der Waals surface area (Å²) in [5.74, 6) is 0.441. The number of hydrogen-bond donors (Lipinski definition) is 2. The van der Waals surface area contributed by atoms with Crippen LogP contribution < -0.4 is 15.4 Å². The molecular formula is C24H20BrClN4O4. The number of aromatic nitrogens is 2. The number of aryl methyl sites for hydroxylation is 1. The second-order valence-corrected chi connectivity index (χ2v) is 8.63.